The smallest absolute Gasteiger partial charge is 0.416 e. The van der Waals surface area contributed by atoms with Gasteiger partial charge in [-0.2, -0.15) is 18.2 Å². The number of esters is 1. The molecule has 0 radical (unpaired) electrons. The molecule has 0 spiro atoms. The number of aromatic nitrogens is 2. The third-order valence-electron chi connectivity index (χ3n) is 12.1. The molecule has 3 fully saturated rings. The number of rotatable bonds is 8. The Labute approximate surface area is 356 Å². The molecule has 1 saturated heterocycles. The van der Waals surface area contributed by atoms with Crippen LogP contribution >= 0.6 is 0 Å². The second-order valence-electron chi connectivity index (χ2n) is 18.0. The number of carbonyl (C=O) groups is 4. The summed E-state index contributed by atoms with van der Waals surface area (Å²) in [5.74, 6) is -3.49. The van der Waals surface area contributed by atoms with Crippen LogP contribution in [0.1, 0.15) is 97.0 Å². The number of allylic oxidation sites excluding steroid dienone is 2. The van der Waals surface area contributed by atoms with Crippen LogP contribution in [0, 0.1) is 17.3 Å². The SMILES string of the molecule is CC(C)(C)OC(=O)C[C@H]1CCCCC/C=C\[C@@H]2C[C@@]2(C(=O)NS(=O)(=O)C2CC2)CC(=O)[C@@H]2C[C@@H](Oc3nc(-c4ccc(C(F)(F)F)cc4)nc4c3oc3ccccc34)CN2C1=O. The van der Waals surface area contributed by atoms with Crippen molar-refractivity contribution in [2.24, 2.45) is 17.3 Å². The number of alkyl halides is 3. The molecule has 2 aromatic carbocycles. The van der Waals surface area contributed by atoms with Crippen LogP contribution in [-0.4, -0.2) is 76.4 Å². The number of nitrogens with zero attached hydrogens (tertiary/aromatic N) is 3. The van der Waals surface area contributed by atoms with Crippen LogP contribution in [0.15, 0.2) is 65.1 Å². The molecule has 2 aromatic heterocycles. The molecule has 17 heteroatoms. The number of Topliss-reactive ketones (excluding diaryl/α,β-unsaturated/α-hetero) is 1. The Bertz CT molecular complexity index is 2550. The van der Waals surface area contributed by atoms with E-state index in [4.69, 9.17) is 13.9 Å². The molecular weight excluding hydrogens is 830 g/mol. The number of sulfonamides is 1. The first-order valence-electron chi connectivity index (χ1n) is 21.1. The van der Waals surface area contributed by atoms with Crippen molar-refractivity contribution in [2.45, 2.75) is 121 Å². The number of furan rings is 1. The Morgan fingerprint density at radius 1 is 0.984 bits per heavy atom. The van der Waals surface area contributed by atoms with Crippen LogP contribution in [0.25, 0.3) is 33.5 Å². The number of benzene rings is 2. The molecule has 5 atom stereocenters. The van der Waals surface area contributed by atoms with Gasteiger partial charge in [0, 0.05) is 29.7 Å². The molecular formula is C45H49F3N4O9S. The van der Waals surface area contributed by atoms with Gasteiger partial charge >= 0.3 is 12.1 Å². The highest BCUT2D eigenvalue weighted by atomic mass is 32.2. The highest BCUT2D eigenvalue weighted by molar-refractivity contribution is 7.90. The molecule has 13 nitrogen and oxygen atoms in total. The Morgan fingerprint density at radius 2 is 1.73 bits per heavy atom. The summed E-state index contributed by atoms with van der Waals surface area (Å²) in [6.07, 6.45) is 2.07. The average molecular weight is 879 g/mol. The third-order valence-corrected chi connectivity index (χ3v) is 13.9. The minimum atomic E-state index is -4.56. The van der Waals surface area contributed by atoms with Crippen LogP contribution in [0.3, 0.4) is 0 Å². The zero-order valence-corrected chi connectivity index (χ0v) is 35.5. The van der Waals surface area contributed by atoms with Crippen LogP contribution in [0.4, 0.5) is 13.2 Å². The summed E-state index contributed by atoms with van der Waals surface area (Å²) in [4.78, 5) is 67.3. The monoisotopic (exact) mass is 878 g/mol. The van der Waals surface area contributed by atoms with Crippen molar-refractivity contribution in [3.63, 3.8) is 0 Å². The fraction of sp³-hybridized carbons (Fsp3) is 0.511. The molecule has 2 aliphatic heterocycles. The summed E-state index contributed by atoms with van der Waals surface area (Å²) in [5.41, 5.74) is -1.81. The number of para-hydroxylation sites is 1. The Morgan fingerprint density at radius 3 is 2.44 bits per heavy atom. The van der Waals surface area contributed by atoms with E-state index in [-0.39, 0.29) is 55.1 Å². The number of ketones is 1. The number of carbonyl (C=O) groups excluding carboxylic acids is 4. The number of ether oxygens (including phenoxy) is 2. The summed E-state index contributed by atoms with van der Waals surface area (Å²) in [6, 6.07) is 10.3. The van der Waals surface area contributed by atoms with Crippen molar-refractivity contribution in [3.05, 3.63) is 66.2 Å². The van der Waals surface area contributed by atoms with E-state index in [9.17, 15) is 40.8 Å². The summed E-state index contributed by atoms with van der Waals surface area (Å²) in [7, 11) is -3.93. The first-order chi connectivity index (χ1) is 29.3. The second-order valence-corrected chi connectivity index (χ2v) is 20.0. The predicted molar refractivity (Wildman–Crippen MR) is 221 cm³/mol. The van der Waals surface area contributed by atoms with Crippen LogP contribution in [-0.2, 0) is 40.1 Å². The molecule has 4 aromatic rings. The number of halogens is 3. The predicted octanol–water partition coefficient (Wildman–Crippen LogP) is 7.85. The summed E-state index contributed by atoms with van der Waals surface area (Å²) >= 11 is 0. The van der Waals surface area contributed by atoms with Crippen molar-refractivity contribution in [1.29, 1.82) is 0 Å². The Balaban J connectivity index is 1.15. The molecule has 1 N–H and O–H groups in total. The summed E-state index contributed by atoms with van der Waals surface area (Å²) < 4.78 is 86.9. The summed E-state index contributed by atoms with van der Waals surface area (Å²) in [6.45, 7) is 5.07. The standard InChI is InChI=1S/C45H49F3N4O9S/c1-43(2,3)61-36(54)21-27-11-7-5-4-6-8-12-29-23-44(29,42(56)51-62(57,58)31-19-20-31)24-34(53)33-22-30(25-52(33)41(27)55)59-40-38-37(32-13-9-10-14-35(32)60-38)49-39(50-40)26-15-17-28(18-16-26)45(46,47)48/h8-10,12-18,27,29-31,33H,4-7,11,19-25H2,1-3H3,(H,51,56)/b12-8-/t27-,29-,30-,33+,44-/m1/s1. The van der Waals surface area contributed by atoms with Gasteiger partial charge in [0.2, 0.25) is 27.4 Å². The van der Waals surface area contributed by atoms with E-state index in [1.54, 1.807) is 45.0 Å². The highest BCUT2D eigenvalue weighted by Gasteiger charge is 2.61. The van der Waals surface area contributed by atoms with Gasteiger partial charge in [-0.25, -0.2) is 13.4 Å². The second kappa shape index (κ2) is 16.4. The maximum absolute atomic E-state index is 14.8. The van der Waals surface area contributed by atoms with Crippen LogP contribution in [0.5, 0.6) is 5.88 Å². The molecule has 330 valence electrons. The van der Waals surface area contributed by atoms with Crippen molar-refractivity contribution >= 4 is 55.7 Å². The lowest BCUT2D eigenvalue weighted by atomic mass is 9.90. The number of nitrogens with one attached hydrogen (secondary N) is 1. The zero-order chi connectivity index (χ0) is 44.2. The van der Waals surface area contributed by atoms with E-state index in [1.807, 2.05) is 12.2 Å². The van der Waals surface area contributed by atoms with Crippen LogP contribution in [0.2, 0.25) is 0 Å². The molecule has 8 rings (SSSR count). The van der Waals surface area contributed by atoms with E-state index in [1.165, 1.54) is 17.0 Å². The van der Waals surface area contributed by atoms with Gasteiger partial charge in [0.15, 0.2) is 11.6 Å². The average Bonchev–Trinajstić information content (AvgIpc) is 4.10. The van der Waals surface area contributed by atoms with Gasteiger partial charge in [-0.1, -0.05) is 49.3 Å². The van der Waals surface area contributed by atoms with E-state index in [0.717, 1.165) is 25.0 Å². The van der Waals surface area contributed by atoms with Crippen LogP contribution < -0.4 is 9.46 Å². The summed E-state index contributed by atoms with van der Waals surface area (Å²) in [5, 5.41) is -0.0614. The fourth-order valence-electron chi connectivity index (χ4n) is 8.65. The molecule has 4 heterocycles. The van der Waals surface area contributed by atoms with Gasteiger partial charge in [0.05, 0.1) is 35.2 Å². The third kappa shape index (κ3) is 9.23. The fourth-order valence-corrected chi connectivity index (χ4v) is 10.0. The topological polar surface area (TPSA) is 175 Å². The van der Waals surface area contributed by atoms with Crippen molar-refractivity contribution in [2.75, 3.05) is 6.54 Å². The molecule has 0 unspecified atom stereocenters. The lowest BCUT2D eigenvalue weighted by Gasteiger charge is -2.29. The minimum Gasteiger partial charge on any atom is -0.470 e. The quantitative estimate of drug-likeness (QED) is 0.135. The molecule has 2 saturated carbocycles. The first kappa shape index (κ1) is 43.3. The zero-order valence-electron chi connectivity index (χ0n) is 34.7. The Kier molecular flexibility index (Phi) is 11.5. The van der Waals surface area contributed by atoms with Gasteiger partial charge in [-0.15, -0.1) is 0 Å². The number of amides is 2. The number of hydrogen-bond donors (Lipinski definition) is 1. The lowest BCUT2D eigenvalue weighted by Crippen LogP contribution is -2.46. The molecule has 2 aliphatic carbocycles. The molecule has 62 heavy (non-hydrogen) atoms. The Hall–Kier alpha value is -5.32. The van der Waals surface area contributed by atoms with Crippen molar-refractivity contribution < 1.29 is 54.7 Å². The van der Waals surface area contributed by atoms with Crippen molar-refractivity contribution in [3.8, 4) is 17.3 Å². The van der Waals surface area contributed by atoms with E-state index in [0.29, 0.717) is 48.6 Å². The molecule has 0 bridgehead atoms. The minimum absolute atomic E-state index is 0.0483. The van der Waals surface area contributed by atoms with Crippen molar-refractivity contribution in [1.82, 2.24) is 19.6 Å². The lowest BCUT2D eigenvalue weighted by molar-refractivity contribution is -0.159. The molecule has 4 aliphatic rings. The first-order valence-corrected chi connectivity index (χ1v) is 22.7. The largest absolute Gasteiger partial charge is 0.470 e. The van der Waals surface area contributed by atoms with E-state index in [2.05, 4.69) is 14.7 Å². The maximum atomic E-state index is 14.8. The van der Waals surface area contributed by atoms with Gasteiger partial charge in [-0.3, -0.25) is 23.9 Å². The van der Waals surface area contributed by atoms with E-state index >= 15 is 0 Å². The highest BCUT2D eigenvalue weighted by Crippen LogP contribution is 2.57. The van der Waals surface area contributed by atoms with Gasteiger partial charge < -0.3 is 18.8 Å². The normalized spacial score (nSPS) is 25.7. The van der Waals surface area contributed by atoms with Gasteiger partial charge in [0.1, 0.15) is 22.8 Å². The van der Waals surface area contributed by atoms with Gasteiger partial charge in [-0.05, 0) is 89.5 Å². The maximum Gasteiger partial charge on any atom is 0.416 e. The number of hydrogen-bond acceptors (Lipinski definition) is 11. The van der Waals surface area contributed by atoms with Gasteiger partial charge in [0.25, 0.3) is 5.88 Å². The molecule has 2 amide bonds. The van der Waals surface area contributed by atoms with E-state index < -0.39 is 85.6 Å². The number of fused-ring (bicyclic) bond motifs is 5.